The number of nitrogens with zero attached hydrogens (tertiary/aromatic N) is 1. The molecule has 0 spiro atoms. The van der Waals surface area contributed by atoms with Crippen molar-refractivity contribution in [1.29, 1.82) is 0 Å². The second kappa shape index (κ2) is 5.40. The molecule has 2 atom stereocenters. The molecule has 0 saturated carbocycles. The van der Waals surface area contributed by atoms with E-state index < -0.39 is 6.09 Å². The van der Waals surface area contributed by atoms with Crippen molar-refractivity contribution in [3.8, 4) is 0 Å². The molecule has 5 heteroatoms. The number of carboxylic acid groups (broad SMARTS) is 1. The minimum atomic E-state index is -1.04. The van der Waals surface area contributed by atoms with Crippen LogP contribution in [0, 0.1) is 5.82 Å². The molecule has 1 aromatic carbocycles. The van der Waals surface area contributed by atoms with Crippen molar-refractivity contribution in [3.63, 3.8) is 0 Å². The Balaban J connectivity index is 2.25. The Labute approximate surface area is 118 Å². The van der Waals surface area contributed by atoms with Gasteiger partial charge < -0.3 is 10.4 Å². The Kier molecular flexibility index (Phi) is 3.99. The van der Waals surface area contributed by atoms with E-state index in [1.54, 1.807) is 6.07 Å². The first-order valence-corrected chi connectivity index (χ1v) is 6.77. The summed E-state index contributed by atoms with van der Waals surface area (Å²) < 4.78 is 13.4. The number of likely N-dealkylation sites (tertiary alicyclic amines) is 1. The van der Waals surface area contributed by atoms with Crippen LogP contribution in [0.4, 0.5) is 9.18 Å². The zero-order chi connectivity index (χ0) is 14.9. The van der Waals surface area contributed by atoms with Crippen molar-refractivity contribution in [3.05, 3.63) is 35.6 Å². The maximum Gasteiger partial charge on any atom is 0.404 e. The predicted molar refractivity (Wildman–Crippen MR) is 75.4 cm³/mol. The molecule has 4 nitrogen and oxygen atoms in total. The standard InChI is InChI=1S/C15H21FN2O2/c1-15(2,3)18-8-12(13(9-18)17-14(19)20)10-5-4-6-11(16)7-10/h4-7,12-13,17H,8-9H2,1-3H3,(H,19,20)/t12-,13+/m1/s1. The number of hydrogen-bond acceptors (Lipinski definition) is 2. The molecule has 0 radical (unpaired) electrons. The molecule has 2 N–H and O–H groups in total. The molecule has 110 valence electrons. The number of amides is 1. The van der Waals surface area contributed by atoms with Crippen molar-refractivity contribution in [2.75, 3.05) is 13.1 Å². The summed E-state index contributed by atoms with van der Waals surface area (Å²) in [6.45, 7) is 7.64. The molecule has 0 aliphatic carbocycles. The van der Waals surface area contributed by atoms with E-state index in [9.17, 15) is 9.18 Å². The maximum atomic E-state index is 13.4. The van der Waals surface area contributed by atoms with Crippen molar-refractivity contribution in [1.82, 2.24) is 10.2 Å². The fourth-order valence-corrected chi connectivity index (χ4v) is 2.73. The molecule has 1 fully saturated rings. The van der Waals surface area contributed by atoms with E-state index in [-0.39, 0.29) is 23.3 Å². The molecule has 0 unspecified atom stereocenters. The molecule has 2 rings (SSSR count). The lowest BCUT2D eigenvalue weighted by Crippen LogP contribution is -2.43. The molecule has 1 aromatic rings. The van der Waals surface area contributed by atoms with E-state index in [1.165, 1.54) is 12.1 Å². The zero-order valence-corrected chi connectivity index (χ0v) is 12.1. The Morgan fingerprint density at radius 1 is 1.40 bits per heavy atom. The summed E-state index contributed by atoms with van der Waals surface area (Å²) in [5.74, 6) is -0.313. The lowest BCUT2D eigenvalue weighted by molar-refractivity contribution is 0.165. The molecule has 0 bridgehead atoms. The molecule has 0 aromatic heterocycles. The molecule has 20 heavy (non-hydrogen) atoms. The van der Waals surface area contributed by atoms with Crippen molar-refractivity contribution in [2.24, 2.45) is 0 Å². The summed E-state index contributed by atoms with van der Waals surface area (Å²) in [6.07, 6.45) is -1.04. The van der Waals surface area contributed by atoms with Gasteiger partial charge in [0.25, 0.3) is 0 Å². The van der Waals surface area contributed by atoms with Crippen LogP contribution in [0.2, 0.25) is 0 Å². The molecule has 1 aliphatic rings. The van der Waals surface area contributed by atoms with Gasteiger partial charge in [0.1, 0.15) is 5.82 Å². The Morgan fingerprint density at radius 2 is 2.10 bits per heavy atom. The molecule has 1 aliphatic heterocycles. The Morgan fingerprint density at radius 3 is 2.65 bits per heavy atom. The van der Waals surface area contributed by atoms with Gasteiger partial charge in [-0.1, -0.05) is 12.1 Å². The lowest BCUT2D eigenvalue weighted by atomic mass is 9.94. The Hall–Kier alpha value is -1.62. The third kappa shape index (κ3) is 3.28. The average molecular weight is 280 g/mol. The topological polar surface area (TPSA) is 52.6 Å². The SMILES string of the molecule is CC(C)(C)N1C[C@H](NC(=O)O)[C@@H](c2cccc(F)c2)C1. The highest BCUT2D eigenvalue weighted by Gasteiger charge is 2.39. The van der Waals surface area contributed by atoms with E-state index in [2.05, 4.69) is 31.0 Å². The summed E-state index contributed by atoms with van der Waals surface area (Å²) >= 11 is 0. The van der Waals surface area contributed by atoms with E-state index >= 15 is 0 Å². The first kappa shape index (κ1) is 14.8. The number of hydrogen-bond donors (Lipinski definition) is 2. The molecule has 1 heterocycles. The fourth-order valence-electron chi connectivity index (χ4n) is 2.73. The van der Waals surface area contributed by atoms with Crippen LogP contribution in [0.5, 0.6) is 0 Å². The van der Waals surface area contributed by atoms with E-state index in [4.69, 9.17) is 5.11 Å². The smallest absolute Gasteiger partial charge is 0.404 e. The van der Waals surface area contributed by atoms with Gasteiger partial charge in [-0.15, -0.1) is 0 Å². The van der Waals surface area contributed by atoms with Gasteiger partial charge in [0.05, 0.1) is 6.04 Å². The van der Waals surface area contributed by atoms with Crippen LogP contribution in [0.25, 0.3) is 0 Å². The minimum Gasteiger partial charge on any atom is -0.465 e. The third-order valence-electron chi connectivity index (χ3n) is 3.85. The first-order valence-electron chi connectivity index (χ1n) is 6.77. The van der Waals surface area contributed by atoms with Crippen LogP contribution in [0.1, 0.15) is 32.3 Å². The summed E-state index contributed by atoms with van der Waals surface area (Å²) in [7, 11) is 0. The van der Waals surface area contributed by atoms with Crippen molar-refractivity contribution < 1.29 is 14.3 Å². The van der Waals surface area contributed by atoms with Gasteiger partial charge in [0.15, 0.2) is 0 Å². The average Bonchev–Trinajstić information content (AvgIpc) is 2.71. The van der Waals surface area contributed by atoms with Crippen LogP contribution < -0.4 is 5.32 Å². The summed E-state index contributed by atoms with van der Waals surface area (Å²) in [4.78, 5) is 13.2. The van der Waals surface area contributed by atoms with Crippen LogP contribution in [0.3, 0.4) is 0 Å². The van der Waals surface area contributed by atoms with Gasteiger partial charge in [-0.25, -0.2) is 9.18 Å². The van der Waals surface area contributed by atoms with E-state index in [0.717, 1.165) is 12.1 Å². The normalized spacial score (nSPS) is 23.8. The molecule has 1 amide bonds. The largest absolute Gasteiger partial charge is 0.465 e. The van der Waals surface area contributed by atoms with Crippen molar-refractivity contribution in [2.45, 2.75) is 38.3 Å². The maximum absolute atomic E-state index is 13.4. The minimum absolute atomic E-state index is 0.0268. The third-order valence-corrected chi connectivity index (χ3v) is 3.85. The van der Waals surface area contributed by atoms with E-state index in [0.29, 0.717) is 6.54 Å². The number of carbonyl (C=O) groups is 1. The number of benzene rings is 1. The fraction of sp³-hybridized carbons (Fsp3) is 0.533. The highest BCUT2D eigenvalue weighted by atomic mass is 19.1. The lowest BCUT2D eigenvalue weighted by Gasteiger charge is -2.31. The van der Waals surface area contributed by atoms with Gasteiger partial charge in [0, 0.05) is 24.5 Å². The van der Waals surface area contributed by atoms with Gasteiger partial charge in [-0.2, -0.15) is 0 Å². The quantitative estimate of drug-likeness (QED) is 0.875. The highest BCUT2D eigenvalue weighted by molar-refractivity contribution is 5.65. The van der Waals surface area contributed by atoms with Crippen LogP contribution in [-0.2, 0) is 0 Å². The number of rotatable bonds is 2. The highest BCUT2D eigenvalue weighted by Crippen LogP contribution is 2.32. The van der Waals surface area contributed by atoms with E-state index in [1.807, 2.05) is 6.07 Å². The Bertz CT molecular complexity index is 499. The van der Waals surface area contributed by atoms with Gasteiger partial charge in [-0.3, -0.25) is 4.90 Å². The van der Waals surface area contributed by atoms with Crippen LogP contribution in [0.15, 0.2) is 24.3 Å². The summed E-state index contributed by atoms with van der Waals surface area (Å²) in [6, 6.07) is 6.21. The first-order chi connectivity index (χ1) is 9.27. The second-order valence-corrected chi connectivity index (χ2v) is 6.29. The van der Waals surface area contributed by atoms with Gasteiger partial charge >= 0.3 is 6.09 Å². The number of halogens is 1. The summed E-state index contributed by atoms with van der Waals surface area (Å²) in [5.41, 5.74) is 0.802. The van der Waals surface area contributed by atoms with Gasteiger partial charge in [0.2, 0.25) is 0 Å². The predicted octanol–water partition coefficient (Wildman–Crippen LogP) is 2.66. The monoisotopic (exact) mass is 280 g/mol. The summed E-state index contributed by atoms with van der Waals surface area (Å²) in [5, 5.41) is 11.5. The van der Waals surface area contributed by atoms with Crippen LogP contribution >= 0.6 is 0 Å². The zero-order valence-electron chi connectivity index (χ0n) is 12.1. The number of nitrogens with one attached hydrogen (secondary N) is 1. The molecular formula is C15H21FN2O2. The van der Waals surface area contributed by atoms with Crippen LogP contribution in [-0.4, -0.2) is 40.8 Å². The molecule has 1 saturated heterocycles. The second-order valence-electron chi connectivity index (χ2n) is 6.29. The van der Waals surface area contributed by atoms with Gasteiger partial charge in [-0.05, 0) is 38.5 Å². The molecular weight excluding hydrogens is 259 g/mol. The van der Waals surface area contributed by atoms with Crippen molar-refractivity contribution >= 4 is 6.09 Å².